The van der Waals surface area contributed by atoms with Crippen LogP contribution in [-0.2, 0) is 6.61 Å². The van der Waals surface area contributed by atoms with Crippen molar-refractivity contribution >= 4 is 6.16 Å². The van der Waals surface area contributed by atoms with E-state index in [1.807, 2.05) is 42.5 Å². The van der Waals surface area contributed by atoms with E-state index in [0.717, 1.165) is 11.1 Å². The SMILES string of the molecule is COc1ccc(-c2ccc(OCc3cc(OC(=O)O)oc3C)cc2)cc1OC. The van der Waals surface area contributed by atoms with Crippen LogP contribution in [0.1, 0.15) is 11.3 Å². The second kappa shape index (κ2) is 8.39. The predicted molar refractivity (Wildman–Crippen MR) is 101 cm³/mol. The van der Waals surface area contributed by atoms with Gasteiger partial charge < -0.3 is 28.5 Å². The molecule has 0 spiro atoms. The lowest BCUT2D eigenvalue weighted by atomic mass is 10.1. The number of furan rings is 1. The molecular formula is C21H20O7. The molecule has 0 unspecified atom stereocenters. The summed E-state index contributed by atoms with van der Waals surface area (Å²) < 4.78 is 26.1. The minimum atomic E-state index is -1.42. The van der Waals surface area contributed by atoms with Crippen LogP contribution in [0.4, 0.5) is 4.79 Å². The molecule has 0 radical (unpaired) electrons. The number of aryl methyl sites for hydroxylation is 1. The molecule has 0 saturated carbocycles. The third-order valence-corrected chi connectivity index (χ3v) is 4.15. The molecule has 0 aliphatic carbocycles. The van der Waals surface area contributed by atoms with Gasteiger partial charge in [-0.25, -0.2) is 4.79 Å². The van der Waals surface area contributed by atoms with Gasteiger partial charge in [-0.05, 0) is 42.3 Å². The first kappa shape index (κ1) is 19.2. The second-order valence-electron chi connectivity index (χ2n) is 5.90. The van der Waals surface area contributed by atoms with Crippen LogP contribution in [0.3, 0.4) is 0 Å². The molecule has 28 heavy (non-hydrogen) atoms. The van der Waals surface area contributed by atoms with E-state index in [1.54, 1.807) is 21.1 Å². The number of benzene rings is 2. The van der Waals surface area contributed by atoms with Gasteiger partial charge in [-0.3, -0.25) is 0 Å². The van der Waals surface area contributed by atoms with E-state index >= 15 is 0 Å². The van der Waals surface area contributed by atoms with Crippen molar-refractivity contribution in [3.63, 3.8) is 0 Å². The Balaban J connectivity index is 1.68. The summed E-state index contributed by atoms with van der Waals surface area (Å²) in [5.74, 6) is 2.47. The molecule has 0 aliphatic rings. The standard InChI is InChI=1S/C21H20O7/c1-13-16(11-20(27-13)28-21(22)23)12-26-17-7-4-14(5-8-17)15-6-9-18(24-2)19(10-15)25-3/h4-11H,12H2,1-3H3,(H,22,23). The number of hydrogen-bond donors (Lipinski definition) is 1. The molecular weight excluding hydrogens is 364 g/mol. The lowest BCUT2D eigenvalue weighted by Gasteiger charge is -2.10. The van der Waals surface area contributed by atoms with Crippen molar-refractivity contribution in [2.45, 2.75) is 13.5 Å². The van der Waals surface area contributed by atoms with Gasteiger partial charge in [0.1, 0.15) is 18.1 Å². The van der Waals surface area contributed by atoms with Gasteiger partial charge in [0.15, 0.2) is 11.5 Å². The summed E-state index contributed by atoms with van der Waals surface area (Å²) in [6, 6.07) is 14.8. The molecule has 1 heterocycles. The van der Waals surface area contributed by atoms with E-state index in [2.05, 4.69) is 4.74 Å². The summed E-state index contributed by atoms with van der Waals surface area (Å²) in [6.45, 7) is 1.95. The third-order valence-electron chi connectivity index (χ3n) is 4.15. The Morgan fingerprint density at radius 1 is 0.964 bits per heavy atom. The van der Waals surface area contributed by atoms with Gasteiger partial charge in [0.05, 0.1) is 14.2 Å². The number of rotatable bonds is 7. The highest BCUT2D eigenvalue weighted by molar-refractivity contribution is 5.67. The van der Waals surface area contributed by atoms with Crippen LogP contribution in [0.5, 0.6) is 23.2 Å². The van der Waals surface area contributed by atoms with Crippen LogP contribution in [-0.4, -0.2) is 25.5 Å². The molecule has 1 aromatic heterocycles. The minimum Gasteiger partial charge on any atom is -0.493 e. The summed E-state index contributed by atoms with van der Waals surface area (Å²) in [5, 5.41) is 8.63. The molecule has 3 rings (SSSR count). The quantitative estimate of drug-likeness (QED) is 0.579. The van der Waals surface area contributed by atoms with Crippen LogP contribution in [0.2, 0.25) is 0 Å². The summed E-state index contributed by atoms with van der Waals surface area (Å²) in [6.07, 6.45) is -1.42. The van der Waals surface area contributed by atoms with Crippen LogP contribution in [0.25, 0.3) is 11.1 Å². The molecule has 7 heteroatoms. The molecule has 0 atom stereocenters. The molecule has 0 fully saturated rings. The largest absolute Gasteiger partial charge is 0.513 e. The monoisotopic (exact) mass is 384 g/mol. The van der Waals surface area contributed by atoms with Gasteiger partial charge in [-0.1, -0.05) is 18.2 Å². The Labute approximate surface area is 162 Å². The van der Waals surface area contributed by atoms with Crippen molar-refractivity contribution < 1.29 is 33.3 Å². The Kier molecular flexibility index (Phi) is 5.74. The van der Waals surface area contributed by atoms with Crippen molar-refractivity contribution in [2.75, 3.05) is 14.2 Å². The zero-order valence-corrected chi connectivity index (χ0v) is 15.7. The van der Waals surface area contributed by atoms with Crippen molar-refractivity contribution in [3.8, 4) is 34.3 Å². The van der Waals surface area contributed by atoms with E-state index in [-0.39, 0.29) is 12.6 Å². The smallest absolute Gasteiger partial charge is 0.493 e. The highest BCUT2D eigenvalue weighted by Gasteiger charge is 2.12. The Morgan fingerprint density at radius 2 is 1.64 bits per heavy atom. The molecule has 0 amide bonds. The molecule has 1 N–H and O–H groups in total. The fourth-order valence-electron chi connectivity index (χ4n) is 2.69. The normalized spacial score (nSPS) is 10.4. The van der Waals surface area contributed by atoms with Crippen LogP contribution in [0.15, 0.2) is 52.9 Å². The first-order chi connectivity index (χ1) is 13.5. The number of hydrogen-bond acceptors (Lipinski definition) is 6. The number of ether oxygens (including phenoxy) is 4. The van der Waals surface area contributed by atoms with Crippen molar-refractivity contribution in [1.29, 1.82) is 0 Å². The third kappa shape index (κ3) is 4.37. The van der Waals surface area contributed by atoms with Crippen LogP contribution in [0, 0.1) is 6.92 Å². The molecule has 146 valence electrons. The van der Waals surface area contributed by atoms with E-state index in [9.17, 15) is 4.79 Å². The number of carbonyl (C=O) groups is 1. The first-order valence-electron chi connectivity index (χ1n) is 8.45. The maximum absolute atomic E-state index is 10.6. The Morgan fingerprint density at radius 3 is 2.29 bits per heavy atom. The molecule has 2 aromatic carbocycles. The summed E-state index contributed by atoms with van der Waals surface area (Å²) >= 11 is 0. The van der Waals surface area contributed by atoms with Crippen LogP contribution < -0.4 is 18.9 Å². The molecule has 0 saturated heterocycles. The molecule has 7 nitrogen and oxygen atoms in total. The van der Waals surface area contributed by atoms with Crippen molar-refractivity contribution in [1.82, 2.24) is 0 Å². The highest BCUT2D eigenvalue weighted by Crippen LogP contribution is 2.33. The van der Waals surface area contributed by atoms with Crippen molar-refractivity contribution in [2.24, 2.45) is 0 Å². The number of carboxylic acid groups (broad SMARTS) is 1. The van der Waals surface area contributed by atoms with E-state index in [0.29, 0.717) is 28.6 Å². The lowest BCUT2D eigenvalue weighted by Crippen LogP contribution is -2.01. The Bertz CT molecular complexity index is 957. The van der Waals surface area contributed by atoms with E-state index < -0.39 is 6.16 Å². The van der Waals surface area contributed by atoms with Crippen molar-refractivity contribution in [3.05, 3.63) is 59.9 Å². The molecule has 0 bridgehead atoms. The van der Waals surface area contributed by atoms with E-state index in [1.165, 1.54) is 6.07 Å². The second-order valence-corrected chi connectivity index (χ2v) is 5.90. The zero-order chi connectivity index (χ0) is 20.1. The fourth-order valence-corrected chi connectivity index (χ4v) is 2.69. The predicted octanol–water partition coefficient (Wildman–Crippen LogP) is 4.91. The maximum Gasteiger partial charge on any atom is 0.513 e. The van der Waals surface area contributed by atoms with E-state index in [4.69, 9.17) is 23.7 Å². The van der Waals surface area contributed by atoms with Gasteiger partial charge >= 0.3 is 6.16 Å². The molecule has 0 aliphatic heterocycles. The average Bonchev–Trinajstić information content (AvgIpc) is 3.04. The maximum atomic E-state index is 10.6. The average molecular weight is 384 g/mol. The van der Waals surface area contributed by atoms with Gasteiger partial charge in [0.2, 0.25) is 0 Å². The zero-order valence-electron chi connectivity index (χ0n) is 15.7. The fraction of sp³-hybridized carbons (Fsp3) is 0.190. The van der Waals surface area contributed by atoms with Gasteiger partial charge in [0.25, 0.3) is 5.95 Å². The summed E-state index contributed by atoms with van der Waals surface area (Å²) in [4.78, 5) is 10.6. The van der Waals surface area contributed by atoms with Crippen LogP contribution >= 0.6 is 0 Å². The van der Waals surface area contributed by atoms with Gasteiger partial charge in [-0.2, -0.15) is 0 Å². The molecule has 3 aromatic rings. The summed E-state index contributed by atoms with van der Waals surface area (Å²) in [7, 11) is 3.20. The highest BCUT2D eigenvalue weighted by atomic mass is 16.7. The number of methoxy groups -OCH3 is 2. The topological polar surface area (TPSA) is 87.4 Å². The summed E-state index contributed by atoms with van der Waals surface area (Å²) in [5.41, 5.74) is 2.70. The minimum absolute atomic E-state index is 0.0765. The first-order valence-corrected chi connectivity index (χ1v) is 8.45. The van der Waals surface area contributed by atoms with Gasteiger partial charge in [-0.15, -0.1) is 0 Å². The Hall–Kier alpha value is -3.61. The lowest BCUT2D eigenvalue weighted by molar-refractivity contribution is 0.132. The van der Waals surface area contributed by atoms with Gasteiger partial charge in [0, 0.05) is 11.6 Å².